The number of carbonyl (C=O) groups excluding carboxylic acids is 8. The molecular weight excluding hydrogens is 838 g/mol. The van der Waals surface area contributed by atoms with Crippen LogP contribution in [0.2, 0.25) is 0 Å². The van der Waals surface area contributed by atoms with E-state index < -0.39 is 112 Å². The highest BCUT2D eigenvalue weighted by Crippen LogP contribution is 2.72. The molecule has 6 rings (SSSR count). The normalized spacial score (nSPS) is 34.7. The number of carbonyl (C=O) groups is 8. The second kappa shape index (κ2) is 19.9. The number of aliphatic hydroxyl groups is 1. The summed E-state index contributed by atoms with van der Waals surface area (Å²) < 4.78 is 36.3. The van der Waals surface area contributed by atoms with Crippen LogP contribution in [0, 0.1) is 22.7 Å². The van der Waals surface area contributed by atoms with Gasteiger partial charge in [0, 0.05) is 55.6 Å². The van der Waals surface area contributed by atoms with Crippen molar-refractivity contribution in [2.45, 2.75) is 154 Å². The number of rotatable bonds is 12. The van der Waals surface area contributed by atoms with Gasteiger partial charge in [-0.05, 0) is 51.9 Å². The van der Waals surface area contributed by atoms with E-state index in [1.807, 2.05) is 19.9 Å². The molecule has 0 aromatic rings. The second-order valence-electron chi connectivity index (χ2n) is 18.3. The summed E-state index contributed by atoms with van der Waals surface area (Å²) in [6.45, 7) is 10.5. The van der Waals surface area contributed by atoms with Crippen LogP contribution in [0.1, 0.15) is 106 Å². The van der Waals surface area contributed by atoms with E-state index in [9.17, 15) is 43.5 Å². The average Bonchev–Trinajstić information content (AvgIpc) is 3.96. The minimum atomic E-state index is -1.51. The van der Waals surface area contributed by atoms with E-state index in [1.54, 1.807) is 20.8 Å². The highest BCUT2D eigenvalue weighted by atomic mass is 16.7. The number of amides is 3. The summed E-state index contributed by atoms with van der Waals surface area (Å²) in [5.41, 5.74) is -1.47. The van der Waals surface area contributed by atoms with Crippen molar-refractivity contribution in [1.82, 2.24) is 15.7 Å². The van der Waals surface area contributed by atoms with E-state index in [4.69, 9.17) is 33.3 Å². The van der Waals surface area contributed by atoms with Crippen LogP contribution in [0.5, 0.6) is 0 Å². The number of nitrogens with zero attached hydrogens (tertiary/aromatic N) is 1. The molecule has 3 amide bonds. The zero-order valence-electron chi connectivity index (χ0n) is 37.3. The molecule has 64 heavy (non-hydrogen) atoms. The highest BCUT2D eigenvalue weighted by Gasteiger charge is 2.83. The summed E-state index contributed by atoms with van der Waals surface area (Å²) in [6.07, 6.45) is 5.03. The van der Waals surface area contributed by atoms with Crippen LogP contribution in [-0.2, 0) is 71.6 Å². The minimum Gasteiger partial charge on any atom is -0.463 e. The van der Waals surface area contributed by atoms with E-state index in [2.05, 4.69) is 10.6 Å². The molecule has 0 aromatic heterocycles. The van der Waals surface area contributed by atoms with Crippen molar-refractivity contribution in [3.63, 3.8) is 0 Å². The van der Waals surface area contributed by atoms with Gasteiger partial charge in [0.25, 0.3) is 5.91 Å². The number of hydroxylamine groups is 2. The maximum absolute atomic E-state index is 14.3. The van der Waals surface area contributed by atoms with E-state index in [0.29, 0.717) is 30.9 Å². The Labute approximate surface area is 371 Å². The minimum absolute atomic E-state index is 0.0411. The summed E-state index contributed by atoms with van der Waals surface area (Å²) in [6, 6.07) is -2.36. The summed E-state index contributed by atoms with van der Waals surface area (Å²) >= 11 is 0. The summed E-state index contributed by atoms with van der Waals surface area (Å²) in [7, 11) is 0. The monoisotopic (exact) mass is 899 g/mol. The highest BCUT2D eigenvalue weighted by molar-refractivity contribution is 5.91. The number of nitrogens with one attached hydrogen (secondary N) is 2. The number of hydrogen-bond donors (Lipinski definition) is 3. The molecule has 2 unspecified atom stereocenters. The van der Waals surface area contributed by atoms with Crippen molar-refractivity contribution in [2.75, 3.05) is 19.8 Å². The topological polar surface area (TPSA) is 252 Å². The van der Waals surface area contributed by atoms with Gasteiger partial charge in [-0.2, -0.15) is 0 Å². The number of cyclic esters (lactones) is 2. The van der Waals surface area contributed by atoms with Gasteiger partial charge in [-0.25, -0.2) is 24.0 Å². The molecule has 19 nitrogen and oxygen atoms in total. The Morgan fingerprint density at radius 1 is 0.938 bits per heavy atom. The zero-order chi connectivity index (χ0) is 46.6. The molecule has 4 aliphatic heterocycles. The Morgan fingerprint density at radius 2 is 1.64 bits per heavy atom. The molecule has 4 fully saturated rings. The molecule has 3 N–H and O–H groups in total. The molecule has 6 aliphatic rings. The third-order valence-electron chi connectivity index (χ3n) is 13.7. The van der Waals surface area contributed by atoms with Gasteiger partial charge in [0.2, 0.25) is 17.9 Å². The Kier molecular flexibility index (Phi) is 15.1. The number of unbranched alkanes of at least 4 members (excludes halogenated alkanes) is 1. The van der Waals surface area contributed by atoms with Gasteiger partial charge >= 0.3 is 29.8 Å². The van der Waals surface area contributed by atoms with Gasteiger partial charge in [0.05, 0.1) is 30.8 Å². The van der Waals surface area contributed by atoms with Crippen molar-refractivity contribution in [3.8, 4) is 0 Å². The van der Waals surface area contributed by atoms with Crippen molar-refractivity contribution in [3.05, 3.63) is 36.0 Å². The van der Waals surface area contributed by atoms with Crippen LogP contribution in [0.25, 0.3) is 0 Å². The first-order valence-electron chi connectivity index (χ1n) is 22.2. The first-order valence-corrected chi connectivity index (χ1v) is 22.2. The lowest BCUT2D eigenvalue weighted by Crippen LogP contribution is -2.67. The molecule has 2 aliphatic carbocycles. The van der Waals surface area contributed by atoms with Gasteiger partial charge in [-0.1, -0.05) is 51.5 Å². The van der Waals surface area contributed by atoms with E-state index >= 15 is 0 Å². The molecule has 0 aromatic carbocycles. The van der Waals surface area contributed by atoms with Crippen molar-refractivity contribution in [2.24, 2.45) is 22.7 Å². The van der Waals surface area contributed by atoms with Crippen LogP contribution < -0.4 is 10.6 Å². The molecule has 3 saturated heterocycles. The van der Waals surface area contributed by atoms with E-state index in [-0.39, 0.29) is 64.3 Å². The van der Waals surface area contributed by atoms with Crippen LogP contribution in [0.15, 0.2) is 36.0 Å². The fourth-order valence-electron chi connectivity index (χ4n) is 9.64. The first kappa shape index (κ1) is 48.3. The first-order chi connectivity index (χ1) is 30.3. The molecule has 4 heterocycles. The number of ether oxygens (including phenoxy) is 6. The molecular formula is C45H61N3O16. The summed E-state index contributed by atoms with van der Waals surface area (Å²) in [5.74, 6) is -6.72. The van der Waals surface area contributed by atoms with Crippen LogP contribution in [-0.4, -0.2) is 126 Å². The smallest absolute Gasteiger partial charge is 0.347 e. The van der Waals surface area contributed by atoms with Crippen LogP contribution in [0.3, 0.4) is 0 Å². The second-order valence-corrected chi connectivity index (χ2v) is 18.3. The van der Waals surface area contributed by atoms with E-state index in [1.165, 1.54) is 25.2 Å². The fraction of sp³-hybridized carbons (Fsp3) is 0.689. The Bertz CT molecular complexity index is 1940. The molecule has 11 atom stereocenters. The zero-order valence-corrected chi connectivity index (χ0v) is 37.3. The number of aliphatic hydroxyl groups excluding tert-OH is 1. The SMILES string of the molecule is CC1=CC2O[C@@H]3C[C@H]4OC(=O)/C=C\C=C\C(=O)OCC[C@@H](C)[C@H](OC(=O)[C@H](C)NC(=O)[C@@H](NC(=O)CCCCC(=O)ON5C(=O)CCC5O)C(C)C)C(=O)OC[C@@]2(CC1)[C@]4(C)[C@]31CO1. The van der Waals surface area contributed by atoms with Gasteiger partial charge in [-0.3, -0.25) is 14.4 Å². The number of esters is 4. The maximum Gasteiger partial charge on any atom is 0.347 e. The van der Waals surface area contributed by atoms with Gasteiger partial charge < -0.3 is 49.0 Å². The van der Waals surface area contributed by atoms with Crippen LogP contribution in [0.4, 0.5) is 0 Å². The lowest BCUT2D eigenvalue weighted by molar-refractivity contribution is -0.235. The summed E-state index contributed by atoms with van der Waals surface area (Å²) in [4.78, 5) is 109. The Morgan fingerprint density at radius 3 is 2.31 bits per heavy atom. The standard InChI is InChI=1S/C45H61N3O16/c1-25(2)38(47-32(49)11-7-8-14-37(54)64-48-33(50)15-16-34(48)51)40(55)46-28(5)41(56)63-39-27(4)18-20-58-35(52)12-9-10-13-36(53)62-29-22-31-45(24-60-45)43(29,6)44(23-59-42(39)57)19-17-26(3)21-30(44)61-31/h9-10,12-13,21,25,27-31,33,38-39,50H,7-8,11,14-20,22-24H2,1-6H3,(H,46,55)(H,47,49)/b12-9+,13-10-/t27-,28+,29-,30?,31-,33?,38+,39+,43-,44-,45+/m1/s1. The lowest BCUT2D eigenvalue weighted by atomic mass is 9.51. The Hall–Kier alpha value is -5.14. The third kappa shape index (κ3) is 10.1. The van der Waals surface area contributed by atoms with E-state index in [0.717, 1.165) is 11.6 Å². The van der Waals surface area contributed by atoms with Crippen LogP contribution >= 0.6 is 0 Å². The predicted molar refractivity (Wildman–Crippen MR) is 220 cm³/mol. The molecule has 2 spiro atoms. The third-order valence-corrected chi connectivity index (χ3v) is 13.7. The van der Waals surface area contributed by atoms with Crippen molar-refractivity contribution >= 4 is 47.6 Å². The molecule has 0 radical (unpaired) electrons. The largest absolute Gasteiger partial charge is 0.463 e. The average molecular weight is 900 g/mol. The van der Waals surface area contributed by atoms with Gasteiger partial charge in [-0.15, -0.1) is 5.06 Å². The maximum atomic E-state index is 14.3. The number of epoxide rings is 1. The molecule has 352 valence electrons. The molecule has 1 saturated carbocycles. The molecule has 19 heteroatoms. The lowest BCUT2D eigenvalue weighted by Gasteiger charge is -2.58. The van der Waals surface area contributed by atoms with Crippen molar-refractivity contribution < 1.29 is 76.7 Å². The fourth-order valence-corrected chi connectivity index (χ4v) is 9.64. The molecule has 2 bridgehead atoms. The summed E-state index contributed by atoms with van der Waals surface area (Å²) in [5, 5.41) is 15.7. The number of hydrogen-bond acceptors (Lipinski definition) is 16. The Balaban J connectivity index is 1.11. The van der Waals surface area contributed by atoms with Gasteiger partial charge in [0.15, 0.2) is 6.23 Å². The van der Waals surface area contributed by atoms with Gasteiger partial charge in [0.1, 0.15) is 30.4 Å². The van der Waals surface area contributed by atoms with Crippen molar-refractivity contribution in [1.29, 1.82) is 0 Å². The number of allylic oxidation sites excluding steroid dienone is 3. The predicted octanol–water partition coefficient (Wildman–Crippen LogP) is 2.33. The quantitative estimate of drug-likeness (QED) is 0.0836.